The molecule has 11 unspecified atom stereocenters. The number of fused-ring (bicyclic) bond motifs is 6. The van der Waals surface area contributed by atoms with Gasteiger partial charge in [0.15, 0.2) is 5.60 Å². The number of para-hydroxylation sites is 1. The molecule has 1 amide bonds. The molecular weight excluding hydrogens is 801 g/mol. The minimum atomic E-state index is -2.29. The summed E-state index contributed by atoms with van der Waals surface area (Å²) < 4.78 is 17.7. The minimum Gasteiger partial charge on any atom is -0.496 e. The molecule has 9 rings (SSSR count). The van der Waals surface area contributed by atoms with E-state index in [0.29, 0.717) is 56.0 Å². The van der Waals surface area contributed by atoms with Crippen molar-refractivity contribution in [3.63, 3.8) is 0 Å². The van der Waals surface area contributed by atoms with Crippen LogP contribution in [0.1, 0.15) is 81.7 Å². The second-order valence-electron chi connectivity index (χ2n) is 19.4. The first-order valence-corrected chi connectivity index (χ1v) is 23.2. The van der Waals surface area contributed by atoms with Crippen molar-refractivity contribution >= 4 is 34.4 Å². The van der Waals surface area contributed by atoms with Gasteiger partial charge >= 0.3 is 11.9 Å². The number of anilines is 1. The van der Waals surface area contributed by atoms with E-state index >= 15 is 4.79 Å². The minimum absolute atomic E-state index is 0.0413. The highest BCUT2D eigenvalue weighted by Gasteiger charge is 2.78. The van der Waals surface area contributed by atoms with Gasteiger partial charge in [-0.3, -0.25) is 19.3 Å². The molecule has 11 atom stereocenters. The number of methoxy groups -OCH3 is 2. The number of amides is 1. The number of ether oxygens (including phenoxy) is 3. The molecule has 6 heterocycles. The van der Waals surface area contributed by atoms with Gasteiger partial charge < -0.3 is 50.3 Å². The molecule has 1 saturated carbocycles. The number of nitrogens with zero attached hydrogens (tertiary/aromatic N) is 3. The van der Waals surface area contributed by atoms with Gasteiger partial charge in [0.2, 0.25) is 0 Å². The Labute approximate surface area is 370 Å². The molecule has 14 heteroatoms. The fraction of sp³-hybridized carbons (Fsp3) is 0.612. The maximum atomic E-state index is 15.4. The Kier molecular flexibility index (Phi) is 11.3. The fourth-order valence-corrected chi connectivity index (χ4v) is 13.7. The Bertz CT molecular complexity index is 2310. The summed E-state index contributed by atoms with van der Waals surface area (Å²) in [6, 6.07) is 10.5. The summed E-state index contributed by atoms with van der Waals surface area (Å²) in [7, 11) is 5.01. The number of benzene rings is 2. The molecule has 1 aliphatic carbocycles. The molecule has 14 nitrogen and oxygen atoms in total. The van der Waals surface area contributed by atoms with Crippen LogP contribution in [-0.4, -0.2) is 140 Å². The van der Waals surface area contributed by atoms with Crippen molar-refractivity contribution in [3.05, 3.63) is 70.9 Å². The number of aromatic amines is 1. The summed E-state index contributed by atoms with van der Waals surface area (Å²) in [6.07, 6.45) is 7.27. The van der Waals surface area contributed by atoms with E-state index in [0.717, 1.165) is 72.3 Å². The van der Waals surface area contributed by atoms with Crippen LogP contribution in [0.4, 0.5) is 5.69 Å². The molecule has 2 saturated heterocycles. The summed E-state index contributed by atoms with van der Waals surface area (Å²) in [4.78, 5) is 53.0. The van der Waals surface area contributed by atoms with E-state index in [1.165, 1.54) is 7.11 Å². The molecule has 340 valence electrons. The number of aliphatic hydroxyl groups is 2. The summed E-state index contributed by atoms with van der Waals surface area (Å²) in [6.45, 7) is 10.1. The van der Waals surface area contributed by atoms with E-state index in [9.17, 15) is 19.8 Å². The average molecular weight is 867 g/mol. The van der Waals surface area contributed by atoms with E-state index < -0.39 is 51.9 Å². The maximum Gasteiger partial charge on any atom is 0.322 e. The number of likely N-dealkylation sites (N-methyl/N-ethyl adjacent to an activating group) is 1. The molecule has 6 aliphatic rings. The number of carbonyl (C=O) groups is 3. The monoisotopic (exact) mass is 866 g/mol. The van der Waals surface area contributed by atoms with Crippen LogP contribution in [0.2, 0.25) is 0 Å². The molecule has 2 bridgehead atoms. The van der Waals surface area contributed by atoms with Gasteiger partial charge in [-0.2, -0.15) is 0 Å². The lowest BCUT2D eigenvalue weighted by Crippen LogP contribution is -2.81. The number of rotatable bonds is 11. The molecule has 63 heavy (non-hydrogen) atoms. The molecule has 6 N–H and O–H groups in total. The summed E-state index contributed by atoms with van der Waals surface area (Å²) in [5, 5.41) is 30.2. The van der Waals surface area contributed by atoms with Crippen LogP contribution >= 0.6 is 0 Å². The van der Waals surface area contributed by atoms with Crippen LogP contribution in [0.5, 0.6) is 5.75 Å². The van der Waals surface area contributed by atoms with Gasteiger partial charge in [-0.25, -0.2) is 0 Å². The molecule has 3 fully saturated rings. The molecular formula is C49H66N6O8. The van der Waals surface area contributed by atoms with Crippen LogP contribution in [0.15, 0.2) is 48.6 Å². The summed E-state index contributed by atoms with van der Waals surface area (Å²) in [5.74, 6) is -0.406. The lowest BCUT2D eigenvalue weighted by Gasteiger charge is -2.63. The third kappa shape index (κ3) is 6.25. The molecule has 2 aromatic carbocycles. The average Bonchev–Trinajstić information content (AvgIpc) is 3.95. The van der Waals surface area contributed by atoms with Crippen LogP contribution in [0.3, 0.4) is 0 Å². The Balaban J connectivity index is 1.25. The van der Waals surface area contributed by atoms with E-state index in [2.05, 4.69) is 57.4 Å². The second-order valence-corrected chi connectivity index (χ2v) is 19.4. The third-order valence-corrected chi connectivity index (χ3v) is 16.3. The molecule has 1 aromatic heterocycles. The normalized spacial score (nSPS) is 34.7. The number of hydrogen-bond acceptors (Lipinski definition) is 12. The van der Waals surface area contributed by atoms with Crippen LogP contribution in [0.25, 0.3) is 10.9 Å². The predicted octanol–water partition coefficient (Wildman–Crippen LogP) is 3.53. The SMILES string of the molecule is CCC1CC2CN(CCc3c([nH]c4ccccc34)C(C(=O)OC)(c3cc4c(cc3OC)N(C)C3C(O)(C(=O)NCCCOC(=O)C(C)N)C(O)C5(CC)C=CCN6CCC43C65)C2)C1. The predicted molar refractivity (Wildman–Crippen MR) is 240 cm³/mol. The number of aliphatic hydroxyl groups excluding tert-OH is 1. The van der Waals surface area contributed by atoms with Gasteiger partial charge in [0.1, 0.15) is 23.3 Å². The van der Waals surface area contributed by atoms with Crippen molar-refractivity contribution in [1.29, 1.82) is 0 Å². The highest BCUT2D eigenvalue weighted by molar-refractivity contribution is 5.95. The van der Waals surface area contributed by atoms with E-state index in [-0.39, 0.29) is 31.1 Å². The fourth-order valence-electron chi connectivity index (χ4n) is 13.7. The summed E-state index contributed by atoms with van der Waals surface area (Å²) in [5.41, 5.74) is 5.46. The van der Waals surface area contributed by atoms with Gasteiger partial charge in [0.25, 0.3) is 5.91 Å². The largest absolute Gasteiger partial charge is 0.496 e. The van der Waals surface area contributed by atoms with Crippen molar-refractivity contribution in [2.24, 2.45) is 23.0 Å². The van der Waals surface area contributed by atoms with Gasteiger partial charge in [-0.1, -0.05) is 50.6 Å². The number of H-pyrrole nitrogens is 1. The Morgan fingerprint density at radius 1 is 1.08 bits per heavy atom. The van der Waals surface area contributed by atoms with Crippen molar-refractivity contribution in [1.82, 2.24) is 20.1 Å². The zero-order chi connectivity index (χ0) is 44.6. The Morgan fingerprint density at radius 2 is 1.87 bits per heavy atom. The van der Waals surface area contributed by atoms with Crippen molar-refractivity contribution < 1.29 is 38.8 Å². The molecule has 1 spiro atoms. The Morgan fingerprint density at radius 3 is 2.60 bits per heavy atom. The lowest BCUT2D eigenvalue weighted by atomic mass is 9.47. The zero-order valence-corrected chi connectivity index (χ0v) is 37.7. The van der Waals surface area contributed by atoms with E-state index in [1.807, 2.05) is 37.1 Å². The number of carbonyl (C=O) groups excluding carboxylic acids is 3. The quantitative estimate of drug-likeness (QED) is 0.108. The smallest absolute Gasteiger partial charge is 0.322 e. The lowest BCUT2D eigenvalue weighted by molar-refractivity contribution is -0.203. The number of esters is 2. The Hall–Kier alpha value is -4.47. The van der Waals surface area contributed by atoms with Crippen LogP contribution < -0.4 is 20.7 Å². The van der Waals surface area contributed by atoms with E-state index in [4.69, 9.17) is 19.9 Å². The second kappa shape index (κ2) is 16.2. The zero-order valence-electron chi connectivity index (χ0n) is 37.7. The number of nitrogens with one attached hydrogen (secondary N) is 2. The first-order valence-electron chi connectivity index (χ1n) is 23.2. The van der Waals surface area contributed by atoms with Gasteiger partial charge in [0.05, 0.1) is 26.9 Å². The van der Waals surface area contributed by atoms with Crippen molar-refractivity contribution in [2.75, 3.05) is 72.0 Å². The third-order valence-electron chi connectivity index (χ3n) is 16.3. The van der Waals surface area contributed by atoms with Gasteiger partial charge in [0, 0.05) is 90.6 Å². The number of aromatic nitrogens is 1. The number of hydrogen-bond donors (Lipinski definition) is 5. The standard InChI is InChI=1S/C49H66N6O8/c1-7-30-23-31-26-48(45(59)62-6,39-33(15-20-54(27-30)28-31)32-13-9-10-14-36(32)52-39)35-24-34-37(25-38(35)61-5)53(4)42-47(34)17-21-55-19-11-16-46(8-2,41(47)55)43(57)49(42,60)44(58)51-18-12-22-63-40(56)29(3)50/h9-11,13-14,16,24-25,29-31,41-43,52,57,60H,7-8,12,15,17-23,26-28,50H2,1-6H3,(H,51,58). The van der Waals surface area contributed by atoms with Crippen LogP contribution in [-0.2, 0) is 41.1 Å². The van der Waals surface area contributed by atoms with E-state index in [1.54, 1.807) is 14.0 Å². The van der Waals surface area contributed by atoms with Crippen LogP contribution in [0, 0.1) is 17.3 Å². The van der Waals surface area contributed by atoms with Gasteiger partial charge in [-0.15, -0.1) is 0 Å². The first-order chi connectivity index (χ1) is 30.3. The number of nitrogens with two attached hydrogens (primary N) is 1. The topological polar surface area (TPSA) is 183 Å². The summed E-state index contributed by atoms with van der Waals surface area (Å²) >= 11 is 0. The van der Waals surface area contributed by atoms with Gasteiger partial charge in [-0.05, 0) is 87.1 Å². The maximum absolute atomic E-state index is 15.4. The molecule has 0 radical (unpaired) electrons. The van der Waals surface area contributed by atoms with Crippen molar-refractivity contribution in [2.45, 2.75) is 106 Å². The molecule has 3 aromatic rings. The first kappa shape index (κ1) is 43.8. The highest BCUT2D eigenvalue weighted by atomic mass is 16.5. The number of piperidine rings is 1. The highest BCUT2D eigenvalue weighted by Crippen LogP contribution is 2.67. The van der Waals surface area contributed by atoms with Crippen molar-refractivity contribution in [3.8, 4) is 5.75 Å². The molecule has 5 aliphatic heterocycles.